The molecular formula is C10H17NO2S3. The predicted octanol–water partition coefficient (Wildman–Crippen LogP) is 1.68. The van der Waals surface area contributed by atoms with E-state index < -0.39 is 9.84 Å². The number of hydrogen-bond donors (Lipinski definition) is 0. The molecule has 0 saturated carbocycles. The number of hydrogen-bond acceptors (Lipinski definition) is 4. The summed E-state index contributed by atoms with van der Waals surface area (Å²) in [5.41, 5.74) is 0. The zero-order valence-electron chi connectivity index (χ0n) is 9.60. The van der Waals surface area contributed by atoms with Gasteiger partial charge in [-0.05, 0) is 13.3 Å². The Hall–Kier alpha value is 0.190. The molecule has 2 unspecified atom stereocenters. The molecule has 0 radical (unpaired) electrons. The molecule has 3 nitrogen and oxygen atoms in total. The van der Waals surface area contributed by atoms with Crippen LogP contribution >= 0.6 is 24.0 Å². The fourth-order valence-corrected chi connectivity index (χ4v) is 7.45. The zero-order valence-corrected chi connectivity index (χ0v) is 12.1. The average molecular weight is 279 g/mol. The van der Waals surface area contributed by atoms with Gasteiger partial charge < -0.3 is 4.90 Å². The van der Waals surface area contributed by atoms with Gasteiger partial charge in [-0.2, -0.15) is 0 Å². The van der Waals surface area contributed by atoms with Crippen molar-refractivity contribution in [3.8, 4) is 0 Å². The number of unbranched alkanes of at least 4 members (excludes halogenated alkanes) is 1. The van der Waals surface area contributed by atoms with Crippen LogP contribution < -0.4 is 0 Å². The van der Waals surface area contributed by atoms with Crippen LogP contribution in [-0.4, -0.2) is 46.5 Å². The van der Waals surface area contributed by atoms with Gasteiger partial charge in [0.2, 0.25) is 0 Å². The third-order valence-electron chi connectivity index (χ3n) is 3.31. The van der Waals surface area contributed by atoms with Crippen LogP contribution in [0.15, 0.2) is 0 Å². The smallest absolute Gasteiger partial charge is 0.153 e. The van der Waals surface area contributed by atoms with Crippen LogP contribution in [0, 0.1) is 0 Å². The minimum Gasteiger partial charge on any atom is -0.352 e. The maximum Gasteiger partial charge on any atom is 0.153 e. The topological polar surface area (TPSA) is 37.4 Å². The molecule has 0 aromatic carbocycles. The summed E-state index contributed by atoms with van der Waals surface area (Å²) in [4.78, 5) is 2.13. The Bertz CT molecular complexity index is 406. The van der Waals surface area contributed by atoms with Crippen LogP contribution in [0.5, 0.6) is 0 Å². The fourth-order valence-electron chi connectivity index (χ4n) is 2.49. The normalized spacial score (nSPS) is 36.8. The molecule has 0 N–H and O–H groups in total. The Balaban J connectivity index is 2.20. The van der Waals surface area contributed by atoms with Crippen LogP contribution in [0.3, 0.4) is 0 Å². The summed E-state index contributed by atoms with van der Waals surface area (Å²) in [6.07, 6.45) is 2.19. The average Bonchev–Trinajstić information content (AvgIpc) is 2.47. The molecule has 2 fully saturated rings. The largest absolute Gasteiger partial charge is 0.352 e. The van der Waals surface area contributed by atoms with Gasteiger partial charge in [0, 0.05) is 6.54 Å². The zero-order chi connectivity index (χ0) is 12.0. The van der Waals surface area contributed by atoms with Gasteiger partial charge in [-0.1, -0.05) is 37.3 Å². The maximum atomic E-state index is 11.7. The van der Waals surface area contributed by atoms with Crippen molar-refractivity contribution in [2.24, 2.45) is 0 Å². The number of nitrogens with zero attached hydrogens (tertiary/aromatic N) is 1. The van der Waals surface area contributed by atoms with Crippen LogP contribution in [0.4, 0.5) is 0 Å². The quantitative estimate of drug-likeness (QED) is 0.735. The van der Waals surface area contributed by atoms with Gasteiger partial charge in [-0.15, -0.1) is 0 Å². The second-order valence-corrected chi connectivity index (χ2v) is 9.08. The molecule has 2 aliphatic heterocycles. The Morgan fingerprint density at radius 1 is 1.62 bits per heavy atom. The van der Waals surface area contributed by atoms with E-state index in [4.69, 9.17) is 12.2 Å². The van der Waals surface area contributed by atoms with E-state index >= 15 is 0 Å². The highest BCUT2D eigenvalue weighted by Gasteiger charge is 2.56. The lowest BCUT2D eigenvalue weighted by Gasteiger charge is -2.26. The van der Waals surface area contributed by atoms with Gasteiger partial charge in [-0.3, -0.25) is 0 Å². The molecule has 2 atom stereocenters. The van der Waals surface area contributed by atoms with Gasteiger partial charge >= 0.3 is 0 Å². The van der Waals surface area contributed by atoms with E-state index in [1.807, 2.05) is 6.92 Å². The Morgan fingerprint density at radius 2 is 2.31 bits per heavy atom. The highest BCUT2D eigenvalue weighted by atomic mass is 32.2. The Morgan fingerprint density at radius 3 is 2.94 bits per heavy atom. The molecule has 0 bridgehead atoms. The number of thiocarbonyl (C=S) groups is 1. The lowest BCUT2D eigenvalue weighted by atomic mass is 10.0. The van der Waals surface area contributed by atoms with E-state index in [1.165, 1.54) is 0 Å². The summed E-state index contributed by atoms with van der Waals surface area (Å²) in [7, 11) is -2.87. The van der Waals surface area contributed by atoms with Crippen molar-refractivity contribution < 1.29 is 8.42 Å². The van der Waals surface area contributed by atoms with E-state index in [2.05, 4.69) is 11.8 Å². The number of thioether (sulfide) groups is 1. The van der Waals surface area contributed by atoms with Gasteiger partial charge in [0.15, 0.2) is 9.84 Å². The lowest BCUT2D eigenvalue weighted by Crippen LogP contribution is -2.41. The molecule has 0 aromatic rings. The van der Waals surface area contributed by atoms with E-state index in [1.54, 1.807) is 11.8 Å². The highest BCUT2D eigenvalue weighted by Crippen LogP contribution is 2.47. The number of rotatable bonds is 3. The van der Waals surface area contributed by atoms with Crippen LogP contribution in [0.1, 0.15) is 26.7 Å². The molecule has 2 aliphatic rings. The van der Waals surface area contributed by atoms with E-state index in [9.17, 15) is 8.42 Å². The number of sulfone groups is 1. The van der Waals surface area contributed by atoms with Gasteiger partial charge in [-0.25, -0.2) is 8.42 Å². The number of fused-ring (bicyclic) bond motifs is 1. The molecule has 92 valence electrons. The standard InChI is InChI=1S/C10H17NO2S3/c1-3-4-5-11-8-6-16(12,13)7-10(8,2)15-9(11)14/h8H,3-7H2,1-2H3. The van der Waals surface area contributed by atoms with Crippen molar-refractivity contribution >= 4 is 38.1 Å². The van der Waals surface area contributed by atoms with Crippen LogP contribution in [0.25, 0.3) is 0 Å². The monoisotopic (exact) mass is 279 g/mol. The highest BCUT2D eigenvalue weighted by molar-refractivity contribution is 8.24. The molecule has 0 amide bonds. The molecule has 0 spiro atoms. The first kappa shape index (κ1) is 12.6. The van der Waals surface area contributed by atoms with E-state index in [-0.39, 0.29) is 22.3 Å². The van der Waals surface area contributed by atoms with Crippen molar-refractivity contribution in [2.75, 3.05) is 18.1 Å². The van der Waals surface area contributed by atoms with Crippen LogP contribution in [-0.2, 0) is 9.84 Å². The van der Waals surface area contributed by atoms with Crippen molar-refractivity contribution in [1.82, 2.24) is 4.90 Å². The first-order chi connectivity index (χ1) is 7.38. The second kappa shape index (κ2) is 4.14. The molecule has 16 heavy (non-hydrogen) atoms. The van der Waals surface area contributed by atoms with Crippen molar-refractivity contribution in [3.63, 3.8) is 0 Å². The SMILES string of the molecule is CCCCN1C(=S)SC2(C)CS(=O)(=O)CC12. The Labute approximate surface area is 107 Å². The molecule has 6 heteroatoms. The minimum atomic E-state index is -2.87. The van der Waals surface area contributed by atoms with E-state index in [0.717, 1.165) is 23.7 Å². The molecule has 2 rings (SSSR count). The Kier molecular flexibility index (Phi) is 3.27. The van der Waals surface area contributed by atoms with Gasteiger partial charge in [0.05, 0.1) is 22.3 Å². The third-order valence-corrected chi connectivity index (χ3v) is 7.13. The first-order valence-corrected chi connectivity index (χ1v) is 8.62. The molecular weight excluding hydrogens is 262 g/mol. The van der Waals surface area contributed by atoms with E-state index in [0.29, 0.717) is 0 Å². The first-order valence-electron chi connectivity index (χ1n) is 5.58. The van der Waals surface area contributed by atoms with Crippen molar-refractivity contribution in [2.45, 2.75) is 37.5 Å². The minimum absolute atomic E-state index is 0.0987. The summed E-state index contributed by atoms with van der Waals surface area (Å²) in [5, 5.41) is 0. The molecule has 0 aromatic heterocycles. The van der Waals surface area contributed by atoms with Crippen LogP contribution in [0.2, 0.25) is 0 Å². The lowest BCUT2D eigenvalue weighted by molar-refractivity contribution is 0.320. The second-order valence-electron chi connectivity index (χ2n) is 4.80. The summed E-state index contributed by atoms with van der Waals surface area (Å²) in [6.45, 7) is 5.07. The molecule has 2 heterocycles. The van der Waals surface area contributed by atoms with Crippen molar-refractivity contribution in [1.29, 1.82) is 0 Å². The summed E-state index contributed by atoms with van der Waals surface area (Å²) < 4.78 is 24.1. The van der Waals surface area contributed by atoms with Crippen molar-refractivity contribution in [3.05, 3.63) is 0 Å². The molecule has 0 aliphatic carbocycles. The van der Waals surface area contributed by atoms with Gasteiger partial charge in [0.25, 0.3) is 0 Å². The molecule has 2 saturated heterocycles. The summed E-state index contributed by atoms with van der Waals surface area (Å²) in [5.74, 6) is 0.554. The third kappa shape index (κ3) is 2.11. The summed E-state index contributed by atoms with van der Waals surface area (Å²) >= 11 is 6.93. The van der Waals surface area contributed by atoms with Gasteiger partial charge in [0.1, 0.15) is 4.32 Å². The maximum absolute atomic E-state index is 11.7. The summed E-state index contributed by atoms with van der Waals surface area (Å²) in [6, 6.07) is 0.0987. The predicted molar refractivity (Wildman–Crippen MR) is 72.6 cm³/mol. The fraction of sp³-hybridized carbons (Fsp3) is 0.900.